The van der Waals surface area contributed by atoms with Gasteiger partial charge in [-0.1, -0.05) is 28.1 Å². The van der Waals surface area contributed by atoms with Crippen LogP contribution in [0.15, 0.2) is 33.7 Å². The van der Waals surface area contributed by atoms with E-state index in [1.165, 1.54) is 5.56 Å². The zero-order valence-corrected chi connectivity index (χ0v) is 16.1. The van der Waals surface area contributed by atoms with E-state index in [-0.39, 0.29) is 24.0 Å². The monoisotopic (exact) mass is 455 g/mol. The van der Waals surface area contributed by atoms with Crippen molar-refractivity contribution in [3.05, 3.63) is 34.3 Å². The Balaban J connectivity index is 0.00000361. The summed E-state index contributed by atoms with van der Waals surface area (Å²) in [5.41, 5.74) is 1.25. The second-order valence-electron chi connectivity index (χ2n) is 4.15. The lowest BCUT2D eigenvalue weighted by Crippen LogP contribution is -2.39. The molecule has 0 aliphatic heterocycles. The maximum absolute atomic E-state index is 5.30. The standard InChI is InChI=1S/C14H22BrN3O.HI/c1-4-19-10-9-17-14(16-2)18(3)11-12-5-7-13(15)8-6-12;/h5-8H,4,9-11H2,1-3H3,(H,16,17);1H. The van der Waals surface area contributed by atoms with Crippen molar-refractivity contribution in [2.24, 2.45) is 4.99 Å². The van der Waals surface area contributed by atoms with E-state index in [1.807, 2.05) is 14.0 Å². The Morgan fingerprint density at radius 1 is 1.35 bits per heavy atom. The van der Waals surface area contributed by atoms with Crippen LogP contribution in [0, 0.1) is 0 Å². The summed E-state index contributed by atoms with van der Waals surface area (Å²) < 4.78 is 6.39. The highest BCUT2D eigenvalue weighted by atomic mass is 127. The molecule has 0 atom stereocenters. The molecule has 0 radical (unpaired) electrons. The fourth-order valence-corrected chi connectivity index (χ4v) is 1.97. The second kappa shape index (κ2) is 11.3. The molecule has 6 heteroatoms. The lowest BCUT2D eigenvalue weighted by atomic mass is 10.2. The summed E-state index contributed by atoms with van der Waals surface area (Å²) in [6.45, 7) is 5.03. The summed E-state index contributed by atoms with van der Waals surface area (Å²) >= 11 is 3.44. The van der Waals surface area contributed by atoms with E-state index in [0.717, 1.165) is 30.1 Å². The van der Waals surface area contributed by atoms with Gasteiger partial charge in [0.2, 0.25) is 0 Å². The molecule has 1 rings (SSSR count). The summed E-state index contributed by atoms with van der Waals surface area (Å²) in [6, 6.07) is 8.31. The zero-order chi connectivity index (χ0) is 14.1. The first-order valence-corrected chi connectivity index (χ1v) is 7.20. The van der Waals surface area contributed by atoms with E-state index in [9.17, 15) is 0 Å². The minimum absolute atomic E-state index is 0. The molecule has 0 spiro atoms. The molecule has 1 aromatic carbocycles. The van der Waals surface area contributed by atoms with E-state index in [1.54, 1.807) is 7.05 Å². The Morgan fingerprint density at radius 3 is 2.55 bits per heavy atom. The van der Waals surface area contributed by atoms with Gasteiger partial charge in [-0.25, -0.2) is 0 Å². The van der Waals surface area contributed by atoms with Gasteiger partial charge in [0, 0.05) is 38.3 Å². The van der Waals surface area contributed by atoms with Gasteiger partial charge in [-0.2, -0.15) is 0 Å². The Labute approximate surface area is 147 Å². The number of hydrogen-bond acceptors (Lipinski definition) is 2. The van der Waals surface area contributed by atoms with Crippen molar-refractivity contribution in [1.29, 1.82) is 0 Å². The van der Waals surface area contributed by atoms with E-state index in [2.05, 4.69) is 55.4 Å². The lowest BCUT2D eigenvalue weighted by molar-refractivity contribution is 0.152. The van der Waals surface area contributed by atoms with Gasteiger partial charge in [-0.05, 0) is 24.6 Å². The number of nitrogens with one attached hydrogen (secondary N) is 1. The molecule has 0 saturated heterocycles. The Kier molecular flexibility index (Phi) is 11.1. The largest absolute Gasteiger partial charge is 0.380 e. The number of halogens is 2. The third-order valence-corrected chi connectivity index (χ3v) is 3.17. The molecule has 0 aliphatic carbocycles. The highest BCUT2D eigenvalue weighted by Crippen LogP contribution is 2.11. The quantitative estimate of drug-likeness (QED) is 0.310. The molecule has 0 heterocycles. The Hall–Kier alpha value is -0.340. The average molecular weight is 456 g/mol. The minimum Gasteiger partial charge on any atom is -0.380 e. The number of ether oxygens (including phenoxy) is 1. The minimum atomic E-state index is 0. The molecule has 0 amide bonds. The molecule has 4 nitrogen and oxygen atoms in total. The van der Waals surface area contributed by atoms with Crippen LogP contribution in [0.4, 0.5) is 0 Å². The molecule has 0 bridgehead atoms. The smallest absolute Gasteiger partial charge is 0.193 e. The molecule has 0 saturated carbocycles. The summed E-state index contributed by atoms with van der Waals surface area (Å²) in [7, 11) is 3.82. The van der Waals surface area contributed by atoms with E-state index < -0.39 is 0 Å². The number of nitrogens with zero attached hydrogens (tertiary/aromatic N) is 2. The third-order valence-electron chi connectivity index (χ3n) is 2.64. The molecule has 1 N–H and O–H groups in total. The van der Waals surface area contributed by atoms with E-state index >= 15 is 0 Å². The van der Waals surface area contributed by atoms with Crippen LogP contribution in [-0.4, -0.2) is 44.7 Å². The number of benzene rings is 1. The van der Waals surface area contributed by atoms with Crippen molar-refractivity contribution in [1.82, 2.24) is 10.2 Å². The van der Waals surface area contributed by atoms with E-state index in [4.69, 9.17) is 4.74 Å². The summed E-state index contributed by atoms with van der Waals surface area (Å²) in [6.07, 6.45) is 0. The predicted molar refractivity (Wildman–Crippen MR) is 98.9 cm³/mol. The molecule has 20 heavy (non-hydrogen) atoms. The van der Waals surface area contributed by atoms with Gasteiger partial charge in [-0.15, -0.1) is 24.0 Å². The topological polar surface area (TPSA) is 36.9 Å². The molecular formula is C14H23BrIN3O. The first kappa shape index (κ1) is 19.7. The van der Waals surface area contributed by atoms with Crippen LogP contribution in [0.2, 0.25) is 0 Å². The van der Waals surface area contributed by atoms with Crippen molar-refractivity contribution >= 4 is 45.9 Å². The number of guanidine groups is 1. The van der Waals surface area contributed by atoms with Crippen molar-refractivity contribution in [2.75, 3.05) is 33.9 Å². The maximum Gasteiger partial charge on any atom is 0.193 e. The Bertz CT molecular complexity index is 398. The van der Waals surface area contributed by atoms with Crippen molar-refractivity contribution in [2.45, 2.75) is 13.5 Å². The molecule has 0 unspecified atom stereocenters. The summed E-state index contributed by atoms with van der Waals surface area (Å²) in [5, 5.41) is 3.28. The zero-order valence-electron chi connectivity index (χ0n) is 12.2. The van der Waals surface area contributed by atoms with Crippen molar-refractivity contribution in [3.63, 3.8) is 0 Å². The molecule has 114 valence electrons. The molecule has 1 aromatic rings. The fraction of sp³-hybridized carbons (Fsp3) is 0.500. The van der Waals surface area contributed by atoms with Gasteiger partial charge in [0.1, 0.15) is 0 Å². The van der Waals surface area contributed by atoms with Crippen LogP contribution in [0.1, 0.15) is 12.5 Å². The first-order valence-electron chi connectivity index (χ1n) is 6.41. The van der Waals surface area contributed by atoms with Crippen LogP contribution in [0.3, 0.4) is 0 Å². The van der Waals surface area contributed by atoms with Crippen LogP contribution in [-0.2, 0) is 11.3 Å². The second-order valence-corrected chi connectivity index (χ2v) is 5.07. The van der Waals surface area contributed by atoms with Crippen LogP contribution >= 0.6 is 39.9 Å². The first-order chi connectivity index (χ1) is 9.17. The summed E-state index contributed by atoms with van der Waals surface area (Å²) in [4.78, 5) is 6.36. The number of hydrogen-bond donors (Lipinski definition) is 1. The lowest BCUT2D eigenvalue weighted by Gasteiger charge is -2.22. The number of rotatable bonds is 6. The maximum atomic E-state index is 5.30. The van der Waals surface area contributed by atoms with Gasteiger partial charge in [-0.3, -0.25) is 4.99 Å². The van der Waals surface area contributed by atoms with Gasteiger partial charge < -0.3 is 15.0 Å². The molecule has 0 aliphatic rings. The van der Waals surface area contributed by atoms with Gasteiger partial charge in [0.25, 0.3) is 0 Å². The molecular weight excluding hydrogens is 433 g/mol. The molecule has 0 fully saturated rings. The average Bonchev–Trinajstić information content (AvgIpc) is 2.41. The van der Waals surface area contributed by atoms with Crippen LogP contribution < -0.4 is 5.32 Å². The van der Waals surface area contributed by atoms with Crippen LogP contribution in [0.5, 0.6) is 0 Å². The van der Waals surface area contributed by atoms with E-state index in [0.29, 0.717) is 6.61 Å². The summed E-state index contributed by atoms with van der Waals surface area (Å²) in [5.74, 6) is 0.877. The van der Waals surface area contributed by atoms with Crippen molar-refractivity contribution in [3.8, 4) is 0 Å². The Morgan fingerprint density at radius 2 is 2.00 bits per heavy atom. The highest BCUT2D eigenvalue weighted by molar-refractivity contribution is 14.0. The third kappa shape index (κ3) is 7.44. The normalized spacial score (nSPS) is 10.9. The SMILES string of the molecule is CCOCCNC(=NC)N(C)Cc1ccc(Br)cc1.I. The molecule has 0 aromatic heterocycles. The predicted octanol–water partition coefficient (Wildman–Crippen LogP) is 3.11. The highest BCUT2D eigenvalue weighted by Gasteiger charge is 2.05. The van der Waals surface area contributed by atoms with Gasteiger partial charge in [0.05, 0.1) is 6.61 Å². The van der Waals surface area contributed by atoms with Gasteiger partial charge in [0.15, 0.2) is 5.96 Å². The van der Waals surface area contributed by atoms with Crippen LogP contribution in [0.25, 0.3) is 0 Å². The fourth-order valence-electron chi connectivity index (χ4n) is 1.70. The number of aliphatic imine (C=N–C) groups is 1. The van der Waals surface area contributed by atoms with Gasteiger partial charge >= 0.3 is 0 Å². The van der Waals surface area contributed by atoms with Crippen molar-refractivity contribution < 1.29 is 4.74 Å².